The van der Waals surface area contributed by atoms with E-state index in [0.717, 1.165) is 6.42 Å². The smallest absolute Gasteiger partial charge is 0.0515 e. The van der Waals surface area contributed by atoms with Crippen LogP contribution in [0.15, 0.2) is 24.8 Å². The van der Waals surface area contributed by atoms with Crippen molar-refractivity contribution in [1.82, 2.24) is 0 Å². The number of nitrogens with two attached hydrogens (primary N) is 1. The van der Waals surface area contributed by atoms with E-state index in [1.807, 2.05) is 6.08 Å². The maximum atomic E-state index is 6.79. The SMILES string of the molecule is C=CC(N)(C(C)(C)CC)C1(CCCCCCC)C=C1. The fourth-order valence-electron chi connectivity index (χ4n) is 3.16. The minimum atomic E-state index is -0.306. The summed E-state index contributed by atoms with van der Waals surface area (Å²) < 4.78 is 0. The van der Waals surface area contributed by atoms with Gasteiger partial charge in [0.25, 0.3) is 0 Å². The third kappa shape index (κ3) is 3.13. The molecule has 0 aliphatic heterocycles. The monoisotopic (exact) mass is 263 g/mol. The van der Waals surface area contributed by atoms with Gasteiger partial charge in [-0.05, 0) is 18.3 Å². The highest BCUT2D eigenvalue weighted by molar-refractivity contribution is 5.40. The van der Waals surface area contributed by atoms with Gasteiger partial charge in [0, 0.05) is 5.41 Å². The van der Waals surface area contributed by atoms with Crippen LogP contribution in [-0.2, 0) is 0 Å². The third-order valence-corrected chi connectivity index (χ3v) is 5.36. The molecule has 19 heavy (non-hydrogen) atoms. The Kier molecular flexibility index (Phi) is 5.43. The molecule has 0 aromatic rings. The Hall–Kier alpha value is -0.560. The molecule has 1 aliphatic rings. The summed E-state index contributed by atoms with van der Waals surface area (Å²) in [6.07, 6.45) is 15.5. The average Bonchev–Trinajstić information content (AvgIpc) is 3.18. The van der Waals surface area contributed by atoms with Gasteiger partial charge in [0.1, 0.15) is 0 Å². The van der Waals surface area contributed by atoms with Crippen molar-refractivity contribution in [3.8, 4) is 0 Å². The first-order chi connectivity index (χ1) is 8.89. The summed E-state index contributed by atoms with van der Waals surface area (Å²) >= 11 is 0. The van der Waals surface area contributed by atoms with E-state index >= 15 is 0 Å². The first-order valence-corrected chi connectivity index (χ1v) is 8.02. The van der Waals surface area contributed by atoms with Gasteiger partial charge in [-0.2, -0.15) is 0 Å². The fraction of sp³-hybridized carbons (Fsp3) is 0.778. The van der Waals surface area contributed by atoms with Crippen LogP contribution in [0, 0.1) is 10.8 Å². The minimum Gasteiger partial charge on any atom is -0.320 e. The Morgan fingerprint density at radius 2 is 1.68 bits per heavy atom. The highest BCUT2D eigenvalue weighted by Gasteiger charge is 2.56. The summed E-state index contributed by atoms with van der Waals surface area (Å²) in [6.45, 7) is 13.1. The van der Waals surface area contributed by atoms with Gasteiger partial charge in [0.15, 0.2) is 0 Å². The molecule has 0 saturated heterocycles. The molecule has 2 N–H and O–H groups in total. The van der Waals surface area contributed by atoms with Crippen LogP contribution in [0.2, 0.25) is 0 Å². The van der Waals surface area contributed by atoms with Crippen LogP contribution in [0.3, 0.4) is 0 Å². The van der Waals surface area contributed by atoms with Crippen molar-refractivity contribution >= 4 is 0 Å². The van der Waals surface area contributed by atoms with Gasteiger partial charge in [0.2, 0.25) is 0 Å². The highest BCUT2D eigenvalue weighted by atomic mass is 14.8. The third-order valence-electron chi connectivity index (χ3n) is 5.36. The topological polar surface area (TPSA) is 26.0 Å². The molecule has 1 rings (SSSR count). The molecule has 0 amide bonds. The van der Waals surface area contributed by atoms with E-state index in [4.69, 9.17) is 5.73 Å². The number of hydrogen-bond donors (Lipinski definition) is 1. The largest absolute Gasteiger partial charge is 0.320 e. The van der Waals surface area contributed by atoms with E-state index in [9.17, 15) is 0 Å². The summed E-state index contributed by atoms with van der Waals surface area (Å²) in [5.74, 6) is 0. The molecule has 0 bridgehead atoms. The van der Waals surface area contributed by atoms with Crippen LogP contribution >= 0.6 is 0 Å². The van der Waals surface area contributed by atoms with Crippen LogP contribution in [0.1, 0.15) is 72.6 Å². The van der Waals surface area contributed by atoms with E-state index < -0.39 is 0 Å². The quantitative estimate of drug-likeness (QED) is 0.424. The van der Waals surface area contributed by atoms with Crippen molar-refractivity contribution in [3.05, 3.63) is 24.8 Å². The molecule has 1 unspecified atom stereocenters. The lowest BCUT2D eigenvalue weighted by atomic mass is 9.60. The van der Waals surface area contributed by atoms with Gasteiger partial charge in [0.05, 0.1) is 5.54 Å². The normalized spacial score (nSPS) is 20.1. The van der Waals surface area contributed by atoms with Gasteiger partial charge in [-0.1, -0.05) is 78.0 Å². The molecule has 0 saturated carbocycles. The summed E-state index contributed by atoms with van der Waals surface area (Å²) in [5.41, 5.74) is 6.66. The zero-order valence-corrected chi connectivity index (χ0v) is 13.5. The Morgan fingerprint density at radius 3 is 2.11 bits per heavy atom. The average molecular weight is 263 g/mol. The standard InChI is InChI=1S/C18H33N/c1-6-9-10-11-12-13-17(14-15-17)18(19,8-3)16(4,5)7-2/h8,14-15H,3,6-7,9-13,19H2,1-2,4-5H3. The summed E-state index contributed by atoms with van der Waals surface area (Å²) in [5, 5.41) is 0. The first-order valence-electron chi connectivity index (χ1n) is 8.02. The molecule has 1 heteroatoms. The zero-order valence-electron chi connectivity index (χ0n) is 13.5. The Labute approximate surface area is 120 Å². The van der Waals surface area contributed by atoms with Crippen molar-refractivity contribution in [3.63, 3.8) is 0 Å². The molecule has 0 heterocycles. The molecule has 1 aliphatic carbocycles. The minimum absolute atomic E-state index is 0.0850. The van der Waals surface area contributed by atoms with Crippen LogP contribution in [0.5, 0.6) is 0 Å². The highest BCUT2D eigenvalue weighted by Crippen LogP contribution is 2.56. The molecular weight excluding hydrogens is 230 g/mol. The van der Waals surface area contributed by atoms with Gasteiger partial charge >= 0.3 is 0 Å². The number of unbranched alkanes of at least 4 members (excludes halogenated alkanes) is 4. The lowest BCUT2D eigenvalue weighted by Crippen LogP contribution is -2.58. The molecule has 110 valence electrons. The van der Waals surface area contributed by atoms with Crippen LogP contribution < -0.4 is 5.73 Å². The maximum Gasteiger partial charge on any atom is 0.0515 e. The number of rotatable bonds is 10. The van der Waals surface area contributed by atoms with Crippen LogP contribution in [0.25, 0.3) is 0 Å². The van der Waals surface area contributed by atoms with E-state index in [1.54, 1.807) is 0 Å². The summed E-state index contributed by atoms with van der Waals surface area (Å²) in [7, 11) is 0. The Bertz CT molecular complexity index is 321. The van der Waals surface area contributed by atoms with Crippen molar-refractivity contribution < 1.29 is 0 Å². The van der Waals surface area contributed by atoms with E-state index in [-0.39, 0.29) is 16.4 Å². The van der Waals surface area contributed by atoms with Gasteiger partial charge in [-0.25, -0.2) is 0 Å². The lowest BCUT2D eigenvalue weighted by molar-refractivity contribution is 0.126. The molecule has 1 atom stereocenters. The maximum absolute atomic E-state index is 6.79. The molecule has 0 aromatic carbocycles. The second-order valence-electron chi connectivity index (χ2n) is 6.85. The second-order valence-corrected chi connectivity index (χ2v) is 6.85. The van der Waals surface area contributed by atoms with Crippen LogP contribution in [0.4, 0.5) is 0 Å². The summed E-state index contributed by atoms with van der Waals surface area (Å²) in [4.78, 5) is 0. The number of hydrogen-bond acceptors (Lipinski definition) is 1. The molecule has 0 radical (unpaired) electrons. The van der Waals surface area contributed by atoms with Gasteiger partial charge in [-0.15, -0.1) is 6.58 Å². The first kappa shape index (κ1) is 16.5. The van der Waals surface area contributed by atoms with Crippen molar-refractivity contribution in [2.24, 2.45) is 16.6 Å². The van der Waals surface area contributed by atoms with E-state index in [2.05, 4.69) is 46.4 Å². The molecule has 0 spiro atoms. The van der Waals surface area contributed by atoms with Crippen molar-refractivity contribution in [2.75, 3.05) is 0 Å². The molecular formula is C18H33N. The van der Waals surface area contributed by atoms with Crippen molar-refractivity contribution in [2.45, 2.75) is 78.2 Å². The van der Waals surface area contributed by atoms with E-state index in [1.165, 1.54) is 38.5 Å². The van der Waals surface area contributed by atoms with Crippen molar-refractivity contribution in [1.29, 1.82) is 0 Å². The van der Waals surface area contributed by atoms with Crippen LogP contribution in [-0.4, -0.2) is 5.54 Å². The Morgan fingerprint density at radius 1 is 1.11 bits per heavy atom. The Balaban J connectivity index is 2.62. The predicted molar refractivity (Wildman–Crippen MR) is 86.1 cm³/mol. The predicted octanol–water partition coefficient (Wildman–Crippen LogP) is 5.22. The fourth-order valence-corrected chi connectivity index (χ4v) is 3.16. The second kappa shape index (κ2) is 6.26. The van der Waals surface area contributed by atoms with Gasteiger partial charge < -0.3 is 5.73 Å². The molecule has 0 aromatic heterocycles. The summed E-state index contributed by atoms with van der Waals surface area (Å²) in [6, 6.07) is 0. The zero-order chi connectivity index (χ0) is 14.6. The lowest BCUT2D eigenvalue weighted by Gasteiger charge is -2.48. The molecule has 1 nitrogen and oxygen atoms in total. The van der Waals surface area contributed by atoms with E-state index in [0.29, 0.717) is 0 Å². The molecule has 0 fully saturated rings. The van der Waals surface area contributed by atoms with Gasteiger partial charge in [-0.3, -0.25) is 0 Å².